The van der Waals surface area contributed by atoms with E-state index < -0.39 is 0 Å². The quantitative estimate of drug-likeness (QED) is 0.866. The molecule has 0 heterocycles. The lowest BCUT2D eigenvalue weighted by molar-refractivity contribution is -0.124. The number of rotatable bonds is 5. The molecule has 1 amide bonds. The molecule has 1 aliphatic carbocycles. The van der Waals surface area contributed by atoms with Crippen LogP contribution in [0.25, 0.3) is 0 Å². The van der Waals surface area contributed by atoms with Crippen molar-refractivity contribution in [1.82, 2.24) is 5.32 Å². The van der Waals surface area contributed by atoms with Crippen LogP contribution in [-0.4, -0.2) is 30.3 Å². The number of hydrogen-bond donors (Lipinski definition) is 2. The number of ether oxygens (including phenoxy) is 1. The van der Waals surface area contributed by atoms with E-state index in [-0.39, 0.29) is 30.6 Å². The Kier molecular flexibility index (Phi) is 4.65. The smallest absolute Gasteiger partial charge is 0.258 e. The highest BCUT2D eigenvalue weighted by atomic mass is 16.5. The third-order valence-electron chi connectivity index (χ3n) is 4.17. The Morgan fingerprint density at radius 2 is 2.15 bits per heavy atom. The van der Waals surface area contributed by atoms with Crippen LogP contribution in [0, 0.1) is 12.3 Å². The van der Waals surface area contributed by atoms with Gasteiger partial charge in [0.1, 0.15) is 5.75 Å². The summed E-state index contributed by atoms with van der Waals surface area (Å²) in [5, 5.41) is 12.4. The van der Waals surface area contributed by atoms with Crippen molar-refractivity contribution >= 4 is 5.91 Å². The molecule has 2 unspecified atom stereocenters. The Bertz CT molecular complexity index is 457. The molecule has 110 valence electrons. The molecule has 1 aliphatic rings. The van der Waals surface area contributed by atoms with Crippen LogP contribution >= 0.6 is 0 Å². The SMILES string of the molecule is Cc1ccc(OCC(=O)NC2CCCC2(C)CO)cc1. The molecular formula is C16H23NO3. The largest absolute Gasteiger partial charge is 0.484 e. The van der Waals surface area contributed by atoms with E-state index in [1.165, 1.54) is 0 Å². The maximum Gasteiger partial charge on any atom is 0.258 e. The monoisotopic (exact) mass is 277 g/mol. The number of aliphatic hydroxyl groups excluding tert-OH is 1. The Balaban J connectivity index is 1.82. The zero-order valence-corrected chi connectivity index (χ0v) is 12.2. The predicted octanol–water partition coefficient (Wildman–Crippen LogP) is 2.04. The van der Waals surface area contributed by atoms with Crippen LogP contribution in [0.4, 0.5) is 0 Å². The van der Waals surface area contributed by atoms with E-state index in [1.807, 2.05) is 38.1 Å². The highest BCUT2D eigenvalue weighted by Gasteiger charge is 2.39. The van der Waals surface area contributed by atoms with E-state index in [4.69, 9.17) is 4.74 Å². The molecule has 2 rings (SSSR count). The zero-order chi connectivity index (χ0) is 14.6. The normalized spacial score (nSPS) is 25.4. The number of nitrogens with one attached hydrogen (secondary N) is 1. The maximum absolute atomic E-state index is 11.9. The van der Waals surface area contributed by atoms with Crippen LogP contribution < -0.4 is 10.1 Å². The summed E-state index contributed by atoms with van der Waals surface area (Å²) in [6, 6.07) is 7.66. The van der Waals surface area contributed by atoms with Crippen molar-refractivity contribution in [1.29, 1.82) is 0 Å². The third-order valence-corrected chi connectivity index (χ3v) is 4.17. The van der Waals surface area contributed by atoms with Gasteiger partial charge in [0.2, 0.25) is 0 Å². The minimum atomic E-state index is -0.195. The van der Waals surface area contributed by atoms with E-state index in [2.05, 4.69) is 5.32 Å². The molecule has 0 bridgehead atoms. The minimum absolute atomic E-state index is 0.0149. The maximum atomic E-state index is 11.9. The van der Waals surface area contributed by atoms with Crippen molar-refractivity contribution in [3.8, 4) is 5.75 Å². The van der Waals surface area contributed by atoms with Gasteiger partial charge < -0.3 is 15.2 Å². The van der Waals surface area contributed by atoms with Gasteiger partial charge in [-0.25, -0.2) is 0 Å². The summed E-state index contributed by atoms with van der Waals surface area (Å²) in [6.07, 6.45) is 2.92. The summed E-state index contributed by atoms with van der Waals surface area (Å²) < 4.78 is 5.46. The van der Waals surface area contributed by atoms with Crippen molar-refractivity contribution in [3.63, 3.8) is 0 Å². The van der Waals surface area contributed by atoms with Crippen LogP contribution in [0.3, 0.4) is 0 Å². The second-order valence-electron chi connectivity index (χ2n) is 5.93. The molecule has 1 fully saturated rings. The van der Waals surface area contributed by atoms with Crippen LogP contribution in [0.2, 0.25) is 0 Å². The van der Waals surface area contributed by atoms with Crippen molar-refractivity contribution in [3.05, 3.63) is 29.8 Å². The molecule has 0 aliphatic heterocycles. The van der Waals surface area contributed by atoms with Gasteiger partial charge in [0.25, 0.3) is 5.91 Å². The second kappa shape index (κ2) is 6.27. The molecule has 4 nitrogen and oxygen atoms in total. The lowest BCUT2D eigenvalue weighted by atomic mass is 9.86. The molecule has 1 aromatic carbocycles. The minimum Gasteiger partial charge on any atom is -0.484 e. The van der Waals surface area contributed by atoms with Crippen molar-refractivity contribution in [2.75, 3.05) is 13.2 Å². The molecule has 1 aromatic rings. The highest BCUT2D eigenvalue weighted by Crippen LogP contribution is 2.37. The molecule has 0 radical (unpaired) electrons. The van der Waals surface area contributed by atoms with E-state index in [0.29, 0.717) is 5.75 Å². The predicted molar refractivity (Wildman–Crippen MR) is 77.6 cm³/mol. The second-order valence-corrected chi connectivity index (χ2v) is 5.93. The van der Waals surface area contributed by atoms with Crippen LogP contribution in [0.5, 0.6) is 5.75 Å². The van der Waals surface area contributed by atoms with Gasteiger partial charge >= 0.3 is 0 Å². The van der Waals surface area contributed by atoms with Crippen molar-refractivity contribution in [2.24, 2.45) is 5.41 Å². The molecule has 0 saturated heterocycles. The van der Waals surface area contributed by atoms with E-state index in [9.17, 15) is 9.90 Å². The zero-order valence-electron chi connectivity index (χ0n) is 12.2. The fourth-order valence-electron chi connectivity index (χ4n) is 2.69. The Labute approximate surface area is 120 Å². The topological polar surface area (TPSA) is 58.6 Å². The van der Waals surface area contributed by atoms with Gasteiger partial charge in [0, 0.05) is 11.5 Å². The van der Waals surface area contributed by atoms with Gasteiger partial charge in [-0.15, -0.1) is 0 Å². The van der Waals surface area contributed by atoms with Gasteiger partial charge in [0.05, 0.1) is 6.61 Å². The van der Waals surface area contributed by atoms with Gasteiger partial charge in [-0.05, 0) is 31.9 Å². The molecule has 0 spiro atoms. The molecule has 0 aromatic heterocycles. The standard InChI is InChI=1S/C16H23NO3/c1-12-5-7-13(8-6-12)20-10-15(19)17-14-4-3-9-16(14,2)11-18/h5-8,14,18H,3-4,9-11H2,1-2H3,(H,17,19). The Morgan fingerprint density at radius 3 is 2.80 bits per heavy atom. The first-order valence-corrected chi connectivity index (χ1v) is 7.13. The number of amides is 1. The first-order chi connectivity index (χ1) is 9.53. The molecule has 2 atom stereocenters. The van der Waals surface area contributed by atoms with Crippen LogP contribution in [-0.2, 0) is 4.79 Å². The van der Waals surface area contributed by atoms with E-state index >= 15 is 0 Å². The van der Waals surface area contributed by atoms with Crippen LogP contribution in [0.1, 0.15) is 31.7 Å². The number of benzene rings is 1. The summed E-state index contributed by atoms with van der Waals surface area (Å²) in [5.41, 5.74) is 0.964. The average molecular weight is 277 g/mol. The van der Waals surface area contributed by atoms with Gasteiger partial charge in [-0.1, -0.05) is 31.0 Å². The van der Waals surface area contributed by atoms with Gasteiger partial charge in [-0.3, -0.25) is 4.79 Å². The Morgan fingerprint density at radius 1 is 1.45 bits per heavy atom. The fraction of sp³-hybridized carbons (Fsp3) is 0.562. The molecule has 4 heteroatoms. The number of aryl methyl sites for hydroxylation is 1. The van der Waals surface area contributed by atoms with Gasteiger partial charge in [0.15, 0.2) is 6.61 Å². The number of carbonyl (C=O) groups is 1. The van der Waals surface area contributed by atoms with Crippen molar-refractivity contribution < 1.29 is 14.6 Å². The highest BCUT2D eigenvalue weighted by molar-refractivity contribution is 5.78. The molecule has 2 N–H and O–H groups in total. The van der Waals surface area contributed by atoms with E-state index in [0.717, 1.165) is 24.8 Å². The summed E-state index contributed by atoms with van der Waals surface area (Å²) in [5.74, 6) is 0.569. The van der Waals surface area contributed by atoms with Crippen LogP contribution in [0.15, 0.2) is 24.3 Å². The first-order valence-electron chi connectivity index (χ1n) is 7.13. The molecule has 20 heavy (non-hydrogen) atoms. The summed E-state index contributed by atoms with van der Waals surface area (Å²) in [7, 11) is 0. The van der Waals surface area contributed by atoms with E-state index in [1.54, 1.807) is 0 Å². The fourth-order valence-corrected chi connectivity index (χ4v) is 2.69. The third kappa shape index (κ3) is 3.51. The number of carbonyl (C=O) groups excluding carboxylic acids is 1. The summed E-state index contributed by atoms with van der Waals surface area (Å²) >= 11 is 0. The van der Waals surface area contributed by atoms with Crippen molar-refractivity contribution in [2.45, 2.75) is 39.2 Å². The summed E-state index contributed by atoms with van der Waals surface area (Å²) in [6.45, 7) is 4.15. The first kappa shape index (κ1) is 14.9. The molecule has 1 saturated carbocycles. The number of aliphatic hydroxyl groups is 1. The molecular weight excluding hydrogens is 254 g/mol. The summed E-state index contributed by atoms with van der Waals surface area (Å²) in [4.78, 5) is 11.9. The Hall–Kier alpha value is -1.55. The lowest BCUT2D eigenvalue weighted by Crippen LogP contribution is -2.46. The van der Waals surface area contributed by atoms with Gasteiger partial charge in [-0.2, -0.15) is 0 Å². The number of hydrogen-bond acceptors (Lipinski definition) is 3. The lowest BCUT2D eigenvalue weighted by Gasteiger charge is -2.30. The average Bonchev–Trinajstić information content (AvgIpc) is 2.80.